The van der Waals surface area contributed by atoms with Gasteiger partial charge in [-0.15, -0.1) is 0 Å². The first-order chi connectivity index (χ1) is 12.2. The molecule has 0 aliphatic carbocycles. The zero-order chi connectivity index (χ0) is 17.4. The minimum absolute atomic E-state index is 0.817. The SMILES string of the molecule is CCn1c(Cl)c2ccccc2c1/C=C/c1sc2ccccc2[n+]1CC. The molecule has 0 aliphatic heterocycles. The van der Waals surface area contributed by atoms with Crippen LogP contribution in [0.1, 0.15) is 24.5 Å². The maximum absolute atomic E-state index is 6.59. The van der Waals surface area contributed by atoms with E-state index < -0.39 is 0 Å². The molecule has 0 N–H and O–H groups in total. The Bertz CT molecular complexity index is 1090. The third-order valence-electron chi connectivity index (χ3n) is 4.61. The summed E-state index contributed by atoms with van der Waals surface area (Å²) in [6.45, 7) is 6.14. The van der Waals surface area contributed by atoms with E-state index in [1.807, 2.05) is 17.4 Å². The lowest BCUT2D eigenvalue weighted by Crippen LogP contribution is -2.33. The van der Waals surface area contributed by atoms with Crippen molar-refractivity contribution in [2.45, 2.75) is 26.9 Å². The van der Waals surface area contributed by atoms with Gasteiger partial charge in [-0.1, -0.05) is 59.3 Å². The van der Waals surface area contributed by atoms with Gasteiger partial charge in [-0.25, -0.2) is 0 Å². The molecule has 2 nitrogen and oxygen atoms in total. The van der Waals surface area contributed by atoms with Gasteiger partial charge in [0.25, 0.3) is 5.01 Å². The molecule has 2 heterocycles. The highest BCUT2D eigenvalue weighted by atomic mass is 35.5. The number of thiazole rings is 1. The summed E-state index contributed by atoms with van der Waals surface area (Å²) in [4.78, 5) is 0. The average Bonchev–Trinajstić information content (AvgIpc) is 3.14. The van der Waals surface area contributed by atoms with Crippen LogP contribution in [-0.4, -0.2) is 4.57 Å². The summed E-state index contributed by atoms with van der Waals surface area (Å²) in [6, 6.07) is 16.9. The van der Waals surface area contributed by atoms with Crippen molar-refractivity contribution in [3.63, 3.8) is 0 Å². The number of nitrogens with zero attached hydrogens (tertiary/aromatic N) is 2. The second-order valence-electron chi connectivity index (χ2n) is 5.95. The molecule has 0 aliphatic rings. The fourth-order valence-electron chi connectivity index (χ4n) is 3.43. The van der Waals surface area contributed by atoms with Gasteiger partial charge >= 0.3 is 0 Å². The Balaban J connectivity index is 1.87. The molecule has 0 atom stereocenters. The van der Waals surface area contributed by atoms with Crippen LogP contribution in [0.2, 0.25) is 5.15 Å². The van der Waals surface area contributed by atoms with Crippen LogP contribution in [0.3, 0.4) is 0 Å². The van der Waals surface area contributed by atoms with Crippen LogP contribution < -0.4 is 4.57 Å². The number of aryl methyl sites for hydroxylation is 1. The summed E-state index contributed by atoms with van der Waals surface area (Å²) in [5.74, 6) is 0. The van der Waals surface area contributed by atoms with Crippen molar-refractivity contribution in [3.8, 4) is 0 Å². The standard InChI is InChI=1S/C21H20ClN2S/c1-3-23-18-11-7-8-12-19(18)25-20(23)14-13-17-15-9-5-6-10-16(15)21(22)24(17)4-2/h5-14H,3-4H2,1-2H3/q+1. The molecule has 2 aromatic carbocycles. The predicted molar refractivity (Wildman–Crippen MR) is 109 cm³/mol. The number of fused-ring (bicyclic) bond motifs is 2. The van der Waals surface area contributed by atoms with E-state index in [0.717, 1.165) is 23.6 Å². The number of hydrogen-bond acceptors (Lipinski definition) is 1. The number of rotatable bonds is 4. The Labute approximate surface area is 156 Å². The molecular formula is C21H20ClN2S+. The van der Waals surface area contributed by atoms with Crippen LogP contribution in [0.15, 0.2) is 48.5 Å². The molecule has 4 heteroatoms. The van der Waals surface area contributed by atoms with E-state index in [-0.39, 0.29) is 0 Å². The Morgan fingerprint density at radius 1 is 1.00 bits per heavy atom. The Morgan fingerprint density at radius 3 is 2.48 bits per heavy atom. The predicted octanol–water partition coefficient (Wildman–Crippen LogP) is 6.01. The first-order valence-corrected chi connectivity index (χ1v) is 9.80. The van der Waals surface area contributed by atoms with Crippen LogP contribution in [0.25, 0.3) is 33.1 Å². The quantitative estimate of drug-likeness (QED) is 0.391. The van der Waals surface area contributed by atoms with Gasteiger partial charge in [-0.05, 0) is 26.0 Å². The van der Waals surface area contributed by atoms with E-state index in [9.17, 15) is 0 Å². The molecule has 0 radical (unpaired) electrons. The van der Waals surface area contributed by atoms with E-state index in [1.54, 1.807) is 0 Å². The molecule has 25 heavy (non-hydrogen) atoms. The summed E-state index contributed by atoms with van der Waals surface area (Å²) in [5, 5.41) is 4.39. The van der Waals surface area contributed by atoms with Crippen molar-refractivity contribution >= 4 is 56.1 Å². The van der Waals surface area contributed by atoms with Gasteiger partial charge in [0.2, 0.25) is 5.52 Å². The summed E-state index contributed by atoms with van der Waals surface area (Å²) < 4.78 is 5.85. The van der Waals surface area contributed by atoms with Crippen molar-refractivity contribution < 1.29 is 4.57 Å². The second kappa shape index (κ2) is 6.66. The van der Waals surface area contributed by atoms with Gasteiger partial charge in [-0.3, -0.25) is 0 Å². The van der Waals surface area contributed by atoms with Crippen molar-refractivity contribution in [3.05, 3.63) is 64.4 Å². The molecule has 0 spiro atoms. The minimum atomic E-state index is 0.817. The van der Waals surface area contributed by atoms with E-state index in [1.165, 1.54) is 26.3 Å². The second-order valence-corrected chi connectivity index (χ2v) is 7.37. The van der Waals surface area contributed by atoms with Gasteiger partial charge in [0.15, 0.2) is 0 Å². The summed E-state index contributed by atoms with van der Waals surface area (Å²) >= 11 is 8.42. The monoisotopic (exact) mass is 367 g/mol. The lowest BCUT2D eigenvalue weighted by Gasteiger charge is -2.03. The van der Waals surface area contributed by atoms with Crippen molar-refractivity contribution in [1.82, 2.24) is 4.57 Å². The van der Waals surface area contributed by atoms with Crippen LogP contribution >= 0.6 is 22.9 Å². The molecule has 0 fully saturated rings. The van der Waals surface area contributed by atoms with E-state index in [4.69, 9.17) is 11.6 Å². The van der Waals surface area contributed by atoms with Gasteiger partial charge in [-0.2, -0.15) is 4.57 Å². The van der Waals surface area contributed by atoms with Crippen LogP contribution in [0.5, 0.6) is 0 Å². The highest BCUT2D eigenvalue weighted by Crippen LogP contribution is 2.32. The first-order valence-electron chi connectivity index (χ1n) is 8.60. The normalized spacial score (nSPS) is 12.0. The van der Waals surface area contributed by atoms with Crippen molar-refractivity contribution in [1.29, 1.82) is 0 Å². The van der Waals surface area contributed by atoms with Gasteiger partial charge in [0, 0.05) is 29.5 Å². The third kappa shape index (κ3) is 2.68. The maximum atomic E-state index is 6.59. The number of aromatic nitrogens is 2. The molecule has 0 amide bonds. The summed E-state index contributed by atoms with van der Waals surface area (Å²) in [6.07, 6.45) is 4.42. The van der Waals surface area contributed by atoms with Gasteiger partial charge < -0.3 is 4.57 Å². The largest absolute Gasteiger partial charge is 0.331 e. The zero-order valence-corrected chi connectivity index (χ0v) is 15.9. The molecule has 2 aromatic heterocycles. The topological polar surface area (TPSA) is 8.81 Å². The van der Waals surface area contributed by atoms with E-state index >= 15 is 0 Å². The number of hydrogen-bond donors (Lipinski definition) is 0. The van der Waals surface area contributed by atoms with Crippen LogP contribution in [-0.2, 0) is 13.1 Å². The molecule has 0 bridgehead atoms. The highest BCUT2D eigenvalue weighted by Gasteiger charge is 2.17. The van der Waals surface area contributed by atoms with Gasteiger partial charge in [0.1, 0.15) is 16.4 Å². The number of benzene rings is 2. The Kier molecular flexibility index (Phi) is 4.36. The highest BCUT2D eigenvalue weighted by molar-refractivity contribution is 7.18. The molecule has 0 unspecified atom stereocenters. The minimum Gasteiger partial charge on any atom is -0.331 e. The third-order valence-corrected chi connectivity index (χ3v) is 6.14. The van der Waals surface area contributed by atoms with Crippen molar-refractivity contribution in [2.24, 2.45) is 0 Å². The summed E-state index contributed by atoms with van der Waals surface area (Å²) in [7, 11) is 0. The molecule has 4 aromatic rings. The molecule has 4 rings (SSSR count). The smallest absolute Gasteiger partial charge is 0.262 e. The first kappa shape index (κ1) is 16.4. The van der Waals surface area contributed by atoms with Gasteiger partial charge in [0.05, 0.1) is 5.69 Å². The lowest BCUT2D eigenvalue weighted by molar-refractivity contribution is -0.665. The van der Waals surface area contributed by atoms with Crippen LogP contribution in [0.4, 0.5) is 0 Å². The maximum Gasteiger partial charge on any atom is 0.262 e. The lowest BCUT2D eigenvalue weighted by atomic mass is 10.2. The van der Waals surface area contributed by atoms with E-state index in [0.29, 0.717) is 0 Å². The van der Waals surface area contributed by atoms with Crippen molar-refractivity contribution in [2.75, 3.05) is 0 Å². The zero-order valence-electron chi connectivity index (χ0n) is 14.4. The molecule has 0 saturated heterocycles. The Morgan fingerprint density at radius 2 is 1.72 bits per heavy atom. The number of halogens is 1. The Hall–Kier alpha value is -2.10. The average molecular weight is 368 g/mol. The fourth-order valence-corrected chi connectivity index (χ4v) is 4.93. The fraction of sp³-hybridized carbons (Fsp3) is 0.190. The molecular weight excluding hydrogens is 348 g/mol. The van der Waals surface area contributed by atoms with Crippen LogP contribution in [0, 0.1) is 0 Å². The molecule has 126 valence electrons. The molecule has 0 saturated carbocycles. The summed E-state index contributed by atoms with van der Waals surface area (Å²) in [5.41, 5.74) is 2.46. The van der Waals surface area contributed by atoms with E-state index in [2.05, 4.69) is 77.6 Å². The number of para-hydroxylation sites is 1.